The smallest absolute Gasteiger partial charge is 0.249 e. The monoisotopic (exact) mass is 497 g/mol. The SMILES string of the molecule is O=C(NC(c1ccccc1)c1ccc(C2CC2)c(F)c1)C1CC(F)CN1C(=O)CN1CCOCC1=O. The van der Waals surface area contributed by atoms with Gasteiger partial charge in [0.05, 0.1) is 25.7 Å². The highest BCUT2D eigenvalue weighted by Gasteiger charge is 2.41. The first-order chi connectivity index (χ1) is 17.4. The van der Waals surface area contributed by atoms with E-state index in [0.29, 0.717) is 17.7 Å². The number of likely N-dealkylation sites (tertiary alicyclic amines) is 1. The highest BCUT2D eigenvalue weighted by Crippen LogP contribution is 2.42. The molecule has 2 aliphatic heterocycles. The number of halogens is 2. The van der Waals surface area contributed by atoms with Crippen molar-refractivity contribution in [2.45, 2.75) is 43.4 Å². The first-order valence-electron chi connectivity index (χ1n) is 12.3. The summed E-state index contributed by atoms with van der Waals surface area (Å²) >= 11 is 0. The summed E-state index contributed by atoms with van der Waals surface area (Å²) in [4.78, 5) is 41.0. The highest BCUT2D eigenvalue weighted by molar-refractivity contribution is 5.91. The summed E-state index contributed by atoms with van der Waals surface area (Å²) in [5.41, 5.74) is 2.00. The average Bonchev–Trinajstić information content (AvgIpc) is 3.64. The fourth-order valence-corrected chi connectivity index (χ4v) is 4.97. The predicted octanol–water partition coefficient (Wildman–Crippen LogP) is 2.71. The topological polar surface area (TPSA) is 79.0 Å². The van der Waals surface area contributed by atoms with Crippen LogP contribution in [-0.4, -0.2) is 72.6 Å². The Morgan fingerprint density at radius 2 is 1.89 bits per heavy atom. The minimum Gasteiger partial charge on any atom is -0.370 e. The van der Waals surface area contributed by atoms with E-state index in [2.05, 4.69) is 5.32 Å². The molecule has 7 nitrogen and oxygen atoms in total. The van der Waals surface area contributed by atoms with Gasteiger partial charge in [0.25, 0.3) is 0 Å². The van der Waals surface area contributed by atoms with Crippen LogP contribution in [0.3, 0.4) is 0 Å². The van der Waals surface area contributed by atoms with Crippen molar-refractivity contribution in [3.05, 3.63) is 71.0 Å². The summed E-state index contributed by atoms with van der Waals surface area (Å²) in [6, 6.07) is 12.5. The third kappa shape index (κ3) is 5.26. The van der Waals surface area contributed by atoms with Crippen LogP contribution < -0.4 is 5.32 Å². The molecule has 1 saturated carbocycles. The third-order valence-electron chi connectivity index (χ3n) is 7.08. The summed E-state index contributed by atoms with van der Waals surface area (Å²) in [7, 11) is 0. The zero-order chi connectivity index (χ0) is 25.2. The van der Waals surface area contributed by atoms with Crippen molar-refractivity contribution < 1.29 is 27.9 Å². The highest BCUT2D eigenvalue weighted by atomic mass is 19.1. The summed E-state index contributed by atoms with van der Waals surface area (Å²) in [5.74, 6) is -1.37. The van der Waals surface area contributed by atoms with Crippen molar-refractivity contribution in [3.63, 3.8) is 0 Å². The van der Waals surface area contributed by atoms with Gasteiger partial charge < -0.3 is 19.9 Å². The van der Waals surface area contributed by atoms with Crippen LogP contribution in [-0.2, 0) is 19.1 Å². The molecule has 0 bridgehead atoms. The van der Waals surface area contributed by atoms with Gasteiger partial charge in [-0.05, 0) is 41.5 Å². The molecule has 36 heavy (non-hydrogen) atoms. The fourth-order valence-electron chi connectivity index (χ4n) is 4.97. The number of alkyl halides is 1. The van der Waals surface area contributed by atoms with Crippen LogP contribution in [0.4, 0.5) is 8.78 Å². The molecule has 9 heteroatoms. The van der Waals surface area contributed by atoms with Crippen molar-refractivity contribution in [1.82, 2.24) is 15.1 Å². The maximum Gasteiger partial charge on any atom is 0.249 e. The molecule has 3 fully saturated rings. The zero-order valence-electron chi connectivity index (χ0n) is 19.9. The van der Waals surface area contributed by atoms with Crippen molar-refractivity contribution in [2.24, 2.45) is 0 Å². The largest absolute Gasteiger partial charge is 0.370 e. The molecule has 2 heterocycles. The van der Waals surface area contributed by atoms with Crippen LogP contribution in [0, 0.1) is 5.82 Å². The quantitative estimate of drug-likeness (QED) is 0.638. The van der Waals surface area contributed by atoms with E-state index in [4.69, 9.17) is 4.74 Å². The summed E-state index contributed by atoms with van der Waals surface area (Å²) in [5, 5.41) is 2.93. The summed E-state index contributed by atoms with van der Waals surface area (Å²) in [6.07, 6.45) is 0.461. The maximum atomic E-state index is 14.9. The zero-order valence-corrected chi connectivity index (χ0v) is 19.9. The molecule has 0 aromatic heterocycles. The number of hydrogen-bond donors (Lipinski definition) is 1. The lowest BCUT2D eigenvalue weighted by Gasteiger charge is -2.31. The molecule has 2 aromatic rings. The van der Waals surface area contributed by atoms with Crippen LogP contribution in [0.25, 0.3) is 0 Å². The Kier molecular flexibility index (Phi) is 7.00. The van der Waals surface area contributed by atoms with Gasteiger partial charge in [0.15, 0.2) is 0 Å². The number of ether oxygens (including phenoxy) is 1. The average molecular weight is 498 g/mol. The van der Waals surface area contributed by atoms with Crippen molar-refractivity contribution in [3.8, 4) is 0 Å². The van der Waals surface area contributed by atoms with E-state index in [9.17, 15) is 23.2 Å². The molecule has 5 rings (SSSR count). The number of benzene rings is 2. The van der Waals surface area contributed by atoms with Gasteiger partial charge in [0.1, 0.15) is 24.6 Å². The first kappa shape index (κ1) is 24.4. The van der Waals surface area contributed by atoms with Crippen LogP contribution in [0.2, 0.25) is 0 Å². The lowest BCUT2D eigenvalue weighted by atomic mass is 9.96. The number of nitrogens with one attached hydrogen (secondary N) is 1. The van der Waals surface area contributed by atoms with Crippen LogP contribution >= 0.6 is 0 Å². The lowest BCUT2D eigenvalue weighted by Crippen LogP contribution is -2.52. The van der Waals surface area contributed by atoms with Gasteiger partial charge in [0, 0.05) is 13.0 Å². The number of carbonyl (C=O) groups is 3. The number of morpholine rings is 1. The van der Waals surface area contributed by atoms with Gasteiger partial charge in [-0.2, -0.15) is 0 Å². The summed E-state index contributed by atoms with van der Waals surface area (Å²) < 4.78 is 34.4. The Hall–Kier alpha value is -3.33. The standard InChI is InChI=1S/C27H29F2N3O4/c28-20-13-23(32(14-20)24(33)15-31-10-11-36-16-25(31)34)27(35)30-26(18-4-2-1-3-5-18)19-8-9-21(17-6-7-17)22(29)12-19/h1-5,8-9,12,17,20,23,26H,6-7,10-11,13-16H2,(H,30,35). The first-order valence-corrected chi connectivity index (χ1v) is 12.3. The number of nitrogens with zero attached hydrogens (tertiary/aromatic N) is 2. The van der Waals surface area contributed by atoms with Crippen molar-refractivity contribution >= 4 is 17.7 Å². The minimum atomic E-state index is -1.35. The van der Waals surface area contributed by atoms with Gasteiger partial charge >= 0.3 is 0 Å². The van der Waals surface area contributed by atoms with E-state index in [-0.39, 0.29) is 50.3 Å². The number of rotatable bonds is 7. The summed E-state index contributed by atoms with van der Waals surface area (Å²) in [6.45, 7) is 0.0545. The predicted molar refractivity (Wildman–Crippen MR) is 127 cm³/mol. The Bertz CT molecular complexity index is 1140. The normalized spacial score (nSPS) is 23.0. The fraction of sp³-hybridized carbons (Fsp3) is 0.444. The van der Waals surface area contributed by atoms with E-state index in [0.717, 1.165) is 18.4 Å². The molecule has 1 aliphatic carbocycles. The van der Waals surface area contributed by atoms with Gasteiger partial charge in [-0.1, -0.05) is 42.5 Å². The minimum absolute atomic E-state index is 0.0994. The number of hydrogen-bond acceptors (Lipinski definition) is 4. The van der Waals surface area contributed by atoms with E-state index < -0.39 is 30.1 Å². The maximum absolute atomic E-state index is 14.9. The van der Waals surface area contributed by atoms with E-state index in [1.54, 1.807) is 6.07 Å². The third-order valence-corrected chi connectivity index (χ3v) is 7.08. The molecule has 3 unspecified atom stereocenters. The van der Waals surface area contributed by atoms with Crippen LogP contribution in [0.15, 0.2) is 48.5 Å². The molecule has 3 atom stereocenters. The molecule has 1 N–H and O–H groups in total. The Morgan fingerprint density at radius 1 is 1.11 bits per heavy atom. The lowest BCUT2D eigenvalue weighted by molar-refractivity contribution is -0.149. The molecule has 0 spiro atoms. The Balaban J connectivity index is 1.35. The second kappa shape index (κ2) is 10.3. The molecule has 2 saturated heterocycles. The van der Waals surface area contributed by atoms with E-state index in [1.807, 2.05) is 36.4 Å². The van der Waals surface area contributed by atoms with Crippen LogP contribution in [0.1, 0.15) is 47.9 Å². The van der Waals surface area contributed by atoms with Gasteiger partial charge in [-0.15, -0.1) is 0 Å². The molecule has 3 amide bonds. The van der Waals surface area contributed by atoms with Gasteiger partial charge in [-0.25, -0.2) is 8.78 Å². The Labute approximate surface area is 208 Å². The number of carbonyl (C=O) groups excluding carboxylic acids is 3. The second-order valence-corrected chi connectivity index (χ2v) is 9.67. The Morgan fingerprint density at radius 3 is 2.58 bits per heavy atom. The molecule has 190 valence electrons. The van der Waals surface area contributed by atoms with Crippen molar-refractivity contribution in [1.29, 1.82) is 0 Å². The molecular formula is C27H29F2N3O4. The van der Waals surface area contributed by atoms with Crippen molar-refractivity contribution in [2.75, 3.05) is 32.8 Å². The molecule has 0 radical (unpaired) electrons. The van der Waals surface area contributed by atoms with E-state index in [1.165, 1.54) is 15.9 Å². The number of amides is 3. The van der Waals surface area contributed by atoms with Gasteiger partial charge in [0.2, 0.25) is 17.7 Å². The van der Waals surface area contributed by atoms with Crippen LogP contribution in [0.5, 0.6) is 0 Å². The second-order valence-electron chi connectivity index (χ2n) is 9.67. The van der Waals surface area contributed by atoms with Gasteiger partial charge in [-0.3, -0.25) is 14.4 Å². The molecular weight excluding hydrogens is 468 g/mol. The molecule has 2 aromatic carbocycles. The van der Waals surface area contributed by atoms with E-state index >= 15 is 0 Å². The molecule has 3 aliphatic rings.